The first-order valence-corrected chi connectivity index (χ1v) is 14.7. The standard InChI is InChI=1S/C7H4N4.3CH3.Sn/c1-2-4-6(5-3-1)7-8-10-11-9-7;;;;/h1-4H;3*1H3;/q-1;;;;+1. The Kier molecular flexibility index (Phi) is 2.77. The minimum atomic E-state index is -2.28. The summed E-state index contributed by atoms with van der Waals surface area (Å²) in [6, 6.07) is 10.9. The van der Waals surface area contributed by atoms with Gasteiger partial charge in [-0.3, -0.25) is 0 Å². The van der Waals surface area contributed by atoms with Gasteiger partial charge in [0.25, 0.3) is 0 Å². The second kappa shape index (κ2) is 3.92. The van der Waals surface area contributed by atoms with Gasteiger partial charge in [0.2, 0.25) is 0 Å². The molecule has 15 heavy (non-hydrogen) atoms. The van der Waals surface area contributed by atoms with Crippen molar-refractivity contribution in [2.75, 3.05) is 0 Å². The Morgan fingerprint density at radius 3 is 2.67 bits per heavy atom. The van der Waals surface area contributed by atoms with Crippen molar-refractivity contribution in [3.8, 4) is 11.4 Å². The fourth-order valence-corrected chi connectivity index (χ4v) is 4.50. The van der Waals surface area contributed by atoms with Gasteiger partial charge in [0, 0.05) is 0 Å². The van der Waals surface area contributed by atoms with Crippen LogP contribution in [0.3, 0.4) is 0 Å². The summed E-state index contributed by atoms with van der Waals surface area (Å²) in [6.07, 6.45) is 0. The second-order valence-electron chi connectivity index (χ2n) is 4.36. The molecule has 0 fully saturated rings. The molecule has 0 saturated carbocycles. The molecule has 0 atom stereocenters. The Morgan fingerprint density at radius 1 is 1.27 bits per heavy atom. The van der Waals surface area contributed by atoms with Crippen LogP contribution in [-0.4, -0.2) is 37.1 Å². The summed E-state index contributed by atoms with van der Waals surface area (Å²) >= 11 is -2.28. The first-order chi connectivity index (χ1) is 7.09. The summed E-state index contributed by atoms with van der Waals surface area (Å²) in [5, 5.41) is 11.9. The Labute approximate surface area is 93.5 Å². The van der Waals surface area contributed by atoms with Gasteiger partial charge >= 0.3 is 93.6 Å². The minimum absolute atomic E-state index is 0.846. The van der Waals surface area contributed by atoms with Crippen LogP contribution in [0.2, 0.25) is 14.8 Å². The number of hydrogen-bond donors (Lipinski definition) is 0. The Hall–Kier alpha value is -0.911. The first kappa shape index (κ1) is 10.6. The van der Waals surface area contributed by atoms with Crippen LogP contribution in [-0.2, 0) is 0 Å². The summed E-state index contributed by atoms with van der Waals surface area (Å²) in [4.78, 5) is 6.83. The Balaban J connectivity index is 2.51. The quantitative estimate of drug-likeness (QED) is 0.795. The molecule has 77 valence electrons. The van der Waals surface area contributed by atoms with Crippen LogP contribution in [0.25, 0.3) is 11.4 Å². The van der Waals surface area contributed by atoms with E-state index in [1.807, 2.05) is 27.2 Å². The zero-order valence-electron chi connectivity index (χ0n) is 9.10. The molecule has 0 N–H and O–H groups in total. The van der Waals surface area contributed by atoms with Crippen molar-refractivity contribution < 1.29 is 0 Å². The number of nitrogens with zero attached hydrogens (tertiary/aromatic N) is 4. The van der Waals surface area contributed by atoms with E-state index < -0.39 is 18.7 Å². The van der Waals surface area contributed by atoms with Gasteiger partial charge in [-0.15, -0.1) is 0 Å². The molecule has 1 heterocycles. The maximum atomic E-state index is 4.09. The van der Waals surface area contributed by atoms with Gasteiger partial charge in [0.05, 0.1) is 0 Å². The monoisotopic (exact) mass is 309 g/mol. The average Bonchev–Trinajstić information content (AvgIpc) is 2.67. The molecule has 0 aliphatic carbocycles. The van der Waals surface area contributed by atoms with Crippen molar-refractivity contribution in [1.82, 2.24) is 18.4 Å². The zero-order chi connectivity index (χ0) is 10.9. The Bertz CT molecular complexity index is 444. The van der Waals surface area contributed by atoms with E-state index in [-0.39, 0.29) is 0 Å². The van der Waals surface area contributed by atoms with Crippen molar-refractivity contribution >= 4 is 18.7 Å². The Morgan fingerprint density at radius 2 is 2.07 bits per heavy atom. The van der Waals surface area contributed by atoms with E-state index >= 15 is 0 Å². The molecule has 1 aromatic carbocycles. The second-order valence-corrected chi connectivity index (χ2v) is 18.0. The van der Waals surface area contributed by atoms with Crippen LogP contribution in [0, 0.1) is 6.07 Å². The van der Waals surface area contributed by atoms with Crippen LogP contribution in [0.5, 0.6) is 0 Å². The van der Waals surface area contributed by atoms with Gasteiger partial charge in [-0.25, -0.2) is 0 Å². The third kappa shape index (κ3) is 2.19. The average molecular weight is 308 g/mol. The fourth-order valence-electron chi connectivity index (χ4n) is 1.34. The predicted molar refractivity (Wildman–Crippen MR) is 60.8 cm³/mol. The van der Waals surface area contributed by atoms with Crippen molar-refractivity contribution in [3.63, 3.8) is 0 Å². The van der Waals surface area contributed by atoms with Crippen molar-refractivity contribution in [2.24, 2.45) is 0 Å². The van der Waals surface area contributed by atoms with E-state index in [1.54, 1.807) is 0 Å². The van der Waals surface area contributed by atoms with Gasteiger partial charge in [0.15, 0.2) is 0 Å². The summed E-state index contributed by atoms with van der Waals surface area (Å²) in [5.41, 5.74) is 0.967. The number of benzene rings is 1. The molecule has 0 aliphatic rings. The maximum absolute atomic E-state index is 4.09. The molecule has 0 spiro atoms. The number of aromatic nitrogens is 4. The first-order valence-electron chi connectivity index (χ1n) is 4.85. The molecule has 1 aromatic heterocycles. The van der Waals surface area contributed by atoms with Gasteiger partial charge < -0.3 is 0 Å². The van der Waals surface area contributed by atoms with E-state index in [9.17, 15) is 0 Å². The molecular weight excluding hydrogens is 295 g/mol. The van der Waals surface area contributed by atoms with Gasteiger partial charge in [-0.2, -0.15) is 0 Å². The number of rotatable bonds is 2. The molecule has 1 radical (unpaired) electrons. The molecule has 0 unspecified atom stereocenters. The van der Waals surface area contributed by atoms with Crippen molar-refractivity contribution in [1.29, 1.82) is 0 Å². The van der Waals surface area contributed by atoms with Crippen molar-refractivity contribution in [2.45, 2.75) is 14.8 Å². The number of tetrazole rings is 1. The molecule has 5 heteroatoms. The summed E-state index contributed by atoms with van der Waals surface area (Å²) in [6.45, 7) is 0. The summed E-state index contributed by atoms with van der Waals surface area (Å²) < 4.78 is 2.01. The van der Waals surface area contributed by atoms with E-state index in [4.69, 9.17) is 0 Å². The fraction of sp³-hybridized carbons (Fsp3) is 0.300. The molecule has 2 rings (SSSR count). The molecule has 0 saturated heterocycles. The van der Waals surface area contributed by atoms with E-state index in [2.05, 4.69) is 36.4 Å². The summed E-state index contributed by atoms with van der Waals surface area (Å²) in [7, 11) is 0. The third-order valence-corrected chi connectivity index (χ3v) is 6.54. The molecule has 2 aromatic rings. The SMILES string of the molecule is [CH3][Sn]([CH3])([CH3])[n]1nnnc1-c1[c]cccc1. The predicted octanol–water partition coefficient (Wildman–Crippen LogP) is 1.82. The van der Waals surface area contributed by atoms with Crippen LogP contribution in [0.15, 0.2) is 24.3 Å². The van der Waals surface area contributed by atoms with Crippen LogP contribution in [0.4, 0.5) is 0 Å². The molecule has 0 bridgehead atoms. The topological polar surface area (TPSA) is 43.6 Å². The molecule has 4 nitrogen and oxygen atoms in total. The van der Waals surface area contributed by atoms with E-state index in [1.165, 1.54) is 0 Å². The van der Waals surface area contributed by atoms with Gasteiger partial charge in [-0.1, -0.05) is 0 Å². The molecule has 0 aliphatic heterocycles. The van der Waals surface area contributed by atoms with Gasteiger partial charge in [-0.05, 0) is 0 Å². The molecule has 0 amide bonds. The van der Waals surface area contributed by atoms with Crippen LogP contribution < -0.4 is 0 Å². The molecular formula is C10H13N4Sn. The summed E-state index contributed by atoms with van der Waals surface area (Å²) in [5.74, 6) is 0.846. The number of hydrogen-bond acceptors (Lipinski definition) is 3. The van der Waals surface area contributed by atoms with Crippen molar-refractivity contribution in [3.05, 3.63) is 30.3 Å². The van der Waals surface area contributed by atoms with E-state index in [0.717, 1.165) is 11.4 Å². The third-order valence-electron chi connectivity index (χ3n) is 2.05. The van der Waals surface area contributed by atoms with E-state index in [0.29, 0.717) is 0 Å². The van der Waals surface area contributed by atoms with Crippen LogP contribution >= 0.6 is 0 Å². The zero-order valence-corrected chi connectivity index (χ0v) is 12.0. The normalized spacial score (nSPS) is 11.7. The van der Waals surface area contributed by atoms with Gasteiger partial charge in [0.1, 0.15) is 0 Å². The van der Waals surface area contributed by atoms with Crippen LogP contribution in [0.1, 0.15) is 0 Å².